The molecule has 3 aromatic carbocycles. The number of carbonyl (C=O) groups excluding carboxylic acids is 2. The number of hydrogen-bond donors (Lipinski definition) is 4. The van der Waals surface area contributed by atoms with Crippen LogP contribution in [0.1, 0.15) is 56.9 Å². The molecule has 3 fully saturated rings. The number of benzene rings is 3. The number of piperazine rings is 2. The van der Waals surface area contributed by atoms with E-state index >= 15 is 0 Å². The van der Waals surface area contributed by atoms with Gasteiger partial charge in [0, 0.05) is 95.8 Å². The second kappa shape index (κ2) is 20.5. The lowest BCUT2D eigenvalue weighted by Gasteiger charge is -2.34. The van der Waals surface area contributed by atoms with Gasteiger partial charge in [0.05, 0.1) is 17.7 Å². The van der Waals surface area contributed by atoms with Crippen LogP contribution in [0, 0.1) is 0 Å². The van der Waals surface area contributed by atoms with Gasteiger partial charge in [-0.1, -0.05) is 67.1 Å². The fraction of sp³-hybridized carbons (Fsp3) is 0.348. The van der Waals surface area contributed by atoms with Gasteiger partial charge in [0.2, 0.25) is 11.9 Å². The molecular weight excluding hydrogens is 787 g/mol. The number of anilines is 2. The van der Waals surface area contributed by atoms with Gasteiger partial charge in [-0.3, -0.25) is 34.7 Å². The second-order valence-corrected chi connectivity index (χ2v) is 15.9. The van der Waals surface area contributed by atoms with Gasteiger partial charge in [-0.25, -0.2) is 30.9 Å². The minimum atomic E-state index is -0.618. The SMILES string of the molecule is O=C(NO)c1cnc(N2CCN(Cc3ccc(-c4ccc(CN5CCCCC5)cc4)o3)CC2)nc1.O=C(NO)c1cnc(N2CCN(Cc3ccc4ccccc4c3)CC2)nc1. The molecule has 6 aromatic rings. The lowest BCUT2D eigenvalue weighted by Crippen LogP contribution is -2.46. The van der Waals surface area contributed by atoms with Crippen molar-refractivity contribution in [1.29, 1.82) is 0 Å². The number of furan rings is 1. The van der Waals surface area contributed by atoms with E-state index < -0.39 is 11.8 Å². The highest BCUT2D eigenvalue weighted by Crippen LogP contribution is 2.25. The van der Waals surface area contributed by atoms with Crippen molar-refractivity contribution in [2.24, 2.45) is 0 Å². The molecule has 3 aliphatic heterocycles. The number of hydrogen-bond acceptors (Lipinski definition) is 14. The zero-order valence-electron chi connectivity index (χ0n) is 34.8. The van der Waals surface area contributed by atoms with Crippen LogP contribution < -0.4 is 20.8 Å². The number of nitrogens with zero attached hydrogens (tertiary/aromatic N) is 9. The van der Waals surface area contributed by atoms with E-state index in [1.165, 1.54) is 79.0 Å². The van der Waals surface area contributed by atoms with E-state index in [9.17, 15) is 9.59 Å². The van der Waals surface area contributed by atoms with Crippen LogP contribution in [0.15, 0.2) is 108 Å². The van der Waals surface area contributed by atoms with Crippen molar-refractivity contribution < 1.29 is 24.4 Å². The number of fused-ring (bicyclic) bond motifs is 1. The molecule has 0 aliphatic carbocycles. The van der Waals surface area contributed by atoms with Gasteiger partial charge in [0.15, 0.2) is 0 Å². The zero-order chi connectivity index (χ0) is 42.7. The summed E-state index contributed by atoms with van der Waals surface area (Å²) in [5.41, 5.74) is 7.41. The van der Waals surface area contributed by atoms with Crippen molar-refractivity contribution in [3.05, 3.63) is 132 Å². The van der Waals surface area contributed by atoms with E-state index in [-0.39, 0.29) is 11.1 Å². The first kappa shape index (κ1) is 42.4. The summed E-state index contributed by atoms with van der Waals surface area (Å²) in [5, 5.41) is 19.9. The lowest BCUT2D eigenvalue weighted by molar-refractivity contribution is 0.0701. The average Bonchev–Trinajstić information content (AvgIpc) is 3.80. The molecule has 16 heteroatoms. The maximum absolute atomic E-state index is 11.4. The second-order valence-electron chi connectivity index (χ2n) is 15.9. The molecule has 2 amide bonds. The molecule has 3 aliphatic rings. The van der Waals surface area contributed by atoms with E-state index in [0.717, 1.165) is 89.1 Å². The predicted molar refractivity (Wildman–Crippen MR) is 235 cm³/mol. The molecule has 6 heterocycles. The summed E-state index contributed by atoms with van der Waals surface area (Å²) in [6.45, 7) is 12.0. The monoisotopic (exact) mass is 839 g/mol. The Morgan fingerprint density at radius 2 is 1.03 bits per heavy atom. The summed E-state index contributed by atoms with van der Waals surface area (Å²) in [5.74, 6) is 1.83. The molecule has 0 unspecified atom stereocenters. The average molecular weight is 840 g/mol. The Balaban J connectivity index is 0.000000176. The molecule has 0 spiro atoms. The highest BCUT2D eigenvalue weighted by molar-refractivity contribution is 5.93. The molecule has 322 valence electrons. The number of rotatable bonds is 11. The third kappa shape index (κ3) is 11.0. The quantitative estimate of drug-likeness (QED) is 0.0984. The Morgan fingerprint density at radius 3 is 1.60 bits per heavy atom. The van der Waals surface area contributed by atoms with Crippen molar-refractivity contribution in [3.63, 3.8) is 0 Å². The number of carbonyl (C=O) groups is 2. The topological polar surface area (TPSA) is 180 Å². The van der Waals surface area contributed by atoms with Gasteiger partial charge in [0.25, 0.3) is 11.8 Å². The molecule has 3 aromatic heterocycles. The Hall–Kier alpha value is -6.30. The molecule has 0 bridgehead atoms. The van der Waals surface area contributed by atoms with Crippen LogP contribution in [0.3, 0.4) is 0 Å². The number of likely N-dealkylation sites (tertiary alicyclic amines) is 1. The van der Waals surface area contributed by atoms with Crippen LogP contribution in [0.25, 0.3) is 22.1 Å². The summed E-state index contributed by atoms with van der Waals surface area (Å²) in [6, 6.07) is 27.9. The maximum atomic E-state index is 11.4. The Labute approximate surface area is 360 Å². The molecule has 0 radical (unpaired) electrons. The highest BCUT2D eigenvalue weighted by atomic mass is 16.5. The third-order valence-corrected chi connectivity index (χ3v) is 11.7. The van der Waals surface area contributed by atoms with E-state index in [1.807, 2.05) is 0 Å². The number of hydroxylamine groups is 2. The van der Waals surface area contributed by atoms with Crippen LogP contribution in [-0.4, -0.2) is 122 Å². The standard InChI is InChI=1S/C26H32N6O3.C20H21N5O2/c33-25(29-34)22-16-27-26(28-17-22)32-14-12-31(13-15-32)19-23-8-9-24(35-23)21-6-4-20(5-7-21)18-30-10-2-1-3-11-30;26-19(23-27)18-12-21-20(22-13-18)25-9-7-24(8-10-25)14-15-5-6-16-3-1-2-4-17(16)11-15/h4-9,16-17,34H,1-3,10-15,18-19H2,(H,29,33);1-6,11-13,27H,7-10,14H2,(H,23,26). The zero-order valence-corrected chi connectivity index (χ0v) is 34.8. The predicted octanol–water partition coefficient (Wildman–Crippen LogP) is 5.23. The summed E-state index contributed by atoms with van der Waals surface area (Å²) in [4.78, 5) is 51.3. The Kier molecular flexibility index (Phi) is 14.0. The summed E-state index contributed by atoms with van der Waals surface area (Å²) >= 11 is 0. The molecule has 9 rings (SSSR count). The summed E-state index contributed by atoms with van der Waals surface area (Å²) in [7, 11) is 0. The first-order valence-electron chi connectivity index (χ1n) is 21.3. The van der Waals surface area contributed by atoms with Crippen molar-refractivity contribution in [2.75, 3.05) is 75.2 Å². The van der Waals surface area contributed by atoms with Gasteiger partial charge in [-0.05, 0) is 66.0 Å². The largest absolute Gasteiger partial charge is 0.460 e. The number of nitrogens with one attached hydrogen (secondary N) is 2. The molecular formula is C46H53N11O5. The molecule has 0 atom stereocenters. The van der Waals surface area contributed by atoms with Gasteiger partial charge >= 0.3 is 0 Å². The van der Waals surface area contributed by atoms with Crippen LogP contribution in [0.4, 0.5) is 11.9 Å². The minimum absolute atomic E-state index is 0.222. The fourth-order valence-corrected chi connectivity index (χ4v) is 8.13. The van der Waals surface area contributed by atoms with Crippen molar-refractivity contribution in [3.8, 4) is 11.3 Å². The third-order valence-electron chi connectivity index (χ3n) is 11.7. The molecule has 62 heavy (non-hydrogen) atoms. The van der Waals surface area contributed by atoms with Gasteiger partial charge < -0.3 is 14.2 Å². The summed E-state index contributed by atoms with van der Waals surface area (Å²) in [6.07, 6.45) is 9.69. The number of piperidine rings is 1. The lowest BCUT2D eigenvalue weighted by atomic mass is 10.1. The minimum Gasteiger partial charge on any atom is -0.460 e. The number of amides is 2. The fourth-order valence-electron chi connectivity index (χ4n) is 8.13. The smallest absolute Gasteiger partial charge is 0.277 e. The Bertz CT molecular complexity index is 2370. The van der Waals surface area contributed by atoms with E-state index in [2.05, 4.69) is 123 Å². The van der Waals surface area contributed by atoms with Crippen molar-refractivity contribution in [2.45, 2.75) is 38.9 Å². The van der Waals surface area contributed by atoms with E-state index in [4.69, 9.17) is 14.8 Å². The van der Waals surface area contributed by atoms with Gasteiger partial charge in [-0.2, -0.15) is 0 Å². The van der Waals surface area contributed by atoms with Crippen LogP contribution in [0.5, 0.6) is 0 Å². The Morgan fingerprint density at radius 1 is 0.532 bits per heavy atom. The van der Waals surface area contributed by atoms with Crippen LogP contribution >= 0.6 is 0 Å². The molecule has 4 N–H and O–H groups in total. The number of aromatic nitrogens is 4. The molecule has 0 saturated carbocycles. The van der Waals surface area contributed by atoms with Crippen LogP contribution in [0.2, 0.25) is 0 Å². The van der Waals surface area contributed by atoms with Crippen molar-refractivity contribution >= 4 is 34.5 Å². The molecule has 16 nitrogen and oxygen atoms in total. The van der Waals surface area contributed by atoms with Crippen LogP contribution in [-0.2, 0) is 19.6 Å². The molecule has 3 saturated heterocycles. The van der Waals surface area contributed by atoms with Gasteiger partial charge in [-0.15, -0.1) is 0 Å². The van der Waals surface area contributed by atoms with Gasteiger partial charge in [0.1, 0.15) is 11.5 Å². The highest BCUT2D eigenvalue weighted by Gasteiger charge is 2.22. The first-order chi connectivity index (χ1) is 30.4. The van der Waals surface area contributed by atoms with Crippen molar-refractivity contribution in [1.82, 2.24) is 45.6 Å². The van der Waals surface area contributed by atoms with E-state index in [0.29, 0.717) is 11.9 Å². The summed E-state index contributed by atoms with van der Waals surface area (Å²) < 4.78 is 6.17. The van der Waals surface area contributed by atoms with E-state index in [1.54, 1.807) is 11.0 Å². The normalized spacial score (nSPS) is 16.4. The maximum Gasteiger partial charge on any atom is 0.277 e. The first-order valence-corrected chi connectivity index (χ1v) is 21.3.